The number of hydrazine groups is 1. The minimum atomic E-state index is -0.991. The van der Waals surface area contributed by atoms with E-state index in [-0.39, 0.29) is 5.56 Å². The van der Waals surface area contributed by atoms with E-state index >= 15 is 0 Å². The van der Waals surface area contributed by atoms with E-state index in [0.29, 0.717) is 29.5 Å². The van der Waals surface area contributed by atoms with Crippen LogP contribution >= 0.6 is 0 Å². The molecule has 0 atom stereocenters. The highest BCUT2D eigenvalue weighted by Crippen LogP contribution is 2.35. The van der Waals surface area contributed by atoms with Gasteiger partial charge in [0, 0.05) is 5.69 Å². The van der Waals surface area contributed by atoms with Crippen molar-refractivity contribution in [3.05, 3.63) is 29.8 Å². The number of ether oxygens (including phenoxy) is 2. The molecule has 0 radical (unpaired) electrons. The average molecular weight is 475 g/mol. The first kappa shape index (κ1) is 25.0. The molecule has 3 N–H and O–H groups in total. The van der Waals surface area contributed by atoms with E-state index in [2.05, 4.69) is 23.0 Å². The van der Waals surface area contributed by atoms with E-state index in [1.807, 2.05) is 0 Å². The molecule has 0 aromatic heterocycles. The second kappa shape index (κ2) is 9.70. The number of anilines is 1. The van der Waals surface area contributed by atoms with Crippen molar-refractivity contribution in [3.63, 3.8) is 0 Å². The quantitative estimate of drug-likeness (QED) is 0.440. The Morgan fingerprint density at radius 2 is 1.85 bits per heavy atom. The number of carbonyl (C=O) groups is 5. The van der Waals surface area contributed by atoms with Gasteiger partial charge in [0.05, 0.1) is 5.56 Å². The first-order valence-corrected chi connectivity index (χ1v) is 11.1. The minimum Gasteiger partial charge on any atom is -0.452 e. The van der Waals surface area contributed by atoms with Gasteiger partial charge in [0.25, 0.3) is 11.8 Å². The topological polar surface area (TPSA) is 143 Å². The summed E-state index contributed by atoms with van der Waals surface area (Å²) in [6.07, 6.45) is 1.93. The standard InChI is InChI=1S/C23H30N4O7/c1-14-8-10-23(11-9-14)19(30)27(20(31)25-23)26-17(28)13-33-18(29)15-6-5-7-16(12-15)24-21(32)34-22(2,3)4/h5-7,12,14H,8-11,13H2,1-4H3,(H,24,32)(H,25,31)(H,26,28). The van der Waals surface area contributed by atoms with Gasteiger partial charge < -0.3 is 14.8 Å². The summed E-state index contributed by atoms with van der Waals surface area (Å²) in [6.45, 7) is 6.55. The molecule has 11 heteroatoms. The van der Waals surface area contributed by atoms with Crippen molar-refractivity contribution in [1.82, 2.24) is 15.8 Å². The highest BCUT2D eigenvalue weighted by atomic mass is 16.6. The first-order valence-electron chi connectivity index (χ1n) is 11.1. The van der Waals surface area contributed by atoms with Crippen LogP contribution < -0.4 is 16.1 Å². The fraction of sp³-hybridized carbons (Fsp3) is 0.522. The molecule has 2 aliphatic rings. The van der Waals surface area contributed by atoms with Crippen LogP contribution in [-0.4, -0.2) is 52.7 Å². The lowest BCUT2D eigenvalue weighted by molar-refractivity contribution is -0.141. The molecule has 1 saturated carbocycles. The molecule has 1 aliphatic heterocycles. The molecule has 0 unspecified atom stereocenters. The Hall–Kier alpha value is -3.63. The molecule has 3 rings (SSSR count). The van der Waals surface area contributed by atoms with Gasteiger partial charge in [-0.25, -0.2) is 14.4 Å². The lowest BCUT2D eigenvalue weighted by Crippen LogP contribution is -2.52. The highest BCUT2D eigenvalue weighted by molar-refractivity contribution is 6.08. The van der Waals surface area contributed by atoms with E-state index in [1.54, 1.807) is 26.8 Å². The Kier molecular flexibility index (Phi) is 7.13. The van der Waals surface area contributed by atoms with E-state index in [1.165, 1.54) is 18.2 Å². The molecule has 2 fully saturated rings. The lowest BCUT2D eigenvalue weighted by Gasteiger charge is -2.33. The molecule has 1 aromatic rings. The largest absolute Gasteiger partial charge is 0.452 e. The molecule has 11 nitrogen and oxygen atoms in total. The maximum absolute atomic E-state index is 12.8. The van der Waals surface area contributed by atoms with Crippen molar-refractivity contribution in [2.24, 2.45) is 5.92 Å². The Labute approximate surface area is 197 Å². The molecule has 1 saturated heterocycles. The summed E-state index contributed by atoms with van der Waals surface area (Å²) in [5, 5.41) is 5.85. The van der Waals surface area contributed by atoms with Gasteiger partial charge in [-0.1, -0.05) is 13.0 Å². The second-order valence-electron chi connectivity index (χ2n) is 9.65. The van der Waals surface area contributed by atoms with Crippen LogP contribution in [0.15, 0.2) is 24.3 Å². The van der Waals surface area contributed by atoms with Crippen molar-refractivity contribution >= 4 is 35.6 Å². The summed E-state index contributed by atoms with van der Waals surface area (Å²) in [6, 6.07) is 5.20. The number of esters is 1. The van der Waals surface area contributed by atoms with Gasteiger partial charge in [0.15, 0.2) is 6.61 Å². The predicted molar refractivity (Wildman–Crippen MR) is 120 cm³/mol. The van der Waals surface area contributed by atoms with Crippen molar-refractivity contribution in [2.75, 3.05) is 11.9 Å². The van der Waals surface area contributed by atoms with E-state index < -0.39 is 47.7 Å². The number of rotatable bonds is 5. The number of amides is 5. The van der Waals surface area contributed by atoms with Crippen LogP contribution in [0, 0.1) is 5.92 Å². The predicted octanol–water partition coefficient (Wildman–Crippen LogP) is 2.72. The zero-order chi connectivity index (χ0) is 25.1. The summed E-state index contributed by atoms with van der Waals surface area (Å²) in [4.78, 5) is 61.6. The van der Waals surface area contributed by atoms with Crippen LogP contribution in [-0.2, 0) is 19.1 Å². The highest BCUT2D eigenvalue weighted by Gasteiger charge is 2.52. The summed E-state index contributed by atoms with van der Waals surface area (Å²) in [5.74, 6) is -1.69. The van der Waals surface area contributed by atoms with Crippen molar-refractivity contribution in [3.8, 4) is 0 Å². The van der Waals surface area contributed by atoms with E-state index in [4.69, 9.17) is 9.47 Å². The Bertz CT molecular complexity index is 993. The van der Waals surface area contributed by atoms with Crippen LogP contribution in [0.25, 0.3) is 0 Å². The SMILES string of the molecule is CC1CCC2(CC1)NC(=O)N(NC(=O)COC(=O)c1cccc(NC(=O)OC(C)(C)C)c1)C2=O. The second-order valence-corrected chi connectivity index (χ2v) is 9.65. The number of carbonyl (C=O) groups excluding carboxylic acids is 5. The van der Waals surface area contributed by atoms with Gasteiger partial charge in [-0.05, 0) is 70.6 Å². The molecule has 34 heavy (non-hydrogen) atoms. The summed E-state index contributed by atoms with van der Waals surface area (Å²) < 4.78 is 10.2. The van der Waals surface area contributed by atoms with Gasteiger partial charge >= 0.3 is 18.1 Å². The number of urea groups is 1. The van der Waals surface area contributed by atoms with Crippen LogP contribution in [0.4, 0.5) is 15.3 Å². The molecule has 0 bridgehead atoms. The lowest BCUT2D eigenvalue weighted by atomic mass is 9.77. The molecule has 1 spiro atoms. The van der Waals surface area contributed by atoms with Gasteiger partial charge in [-0.15, -0.1) is 0 Å². The maximum Gasteiger partial charge on any atom is 0.412 e. The maximum atomic E-state index is 12.8. The molecule has 184 valence electrons. The molecule has 1 aromatic carbocycles. The van der Waals surface area contributed by atoms with Crippen molar-refractivity contribution < 1.29 is 33.4 Å². The third kappa shape index (κ3) is 6.03. The Balaban J connectivity index is 1.52. The number of benzene rings is 1. The molecule has 5 amide bonds. The van der Waals surface area contributed by atoms with E-state index in [0.717, 1.165) is 12.8 Å². The monoisotopic (exact) mass is 474 g/mol. The smallest absolute Gasteiger partial charge is 0.412 e. The summed E-state index contributed by atoms with van der Waals surface area (Å²) >= 11 is 0. The zero-order valence-corrected chi connectivity index (χ0v) is 19.7. The van der Waals surface area contributed by atoms with Gasteiger partial charge in [-0.2, -0.15) is 5.01 Å². The Morgan fingerprint density at radius 1 is 1.18 bits per heavy atom. The van der Waals surface area contributed by atoms with Crippen LogP contribution in [0.1, 0.15) is 63.7 Å². The number of hydrogen-bond donors (Lipinski definition) is 3. The van der Waals surface area contributed by atoms with Crippen LogP contribution in [0.2, 0.25) is 0 Å². The average Bonchev–Trinajstić information content (AvgIpc) is 2.97. The summed E-state index contributed by atoms with van der Waals surface area (Å²) in [5.41, 5.74) is 0.929. The third-order valence-electron chi connectivity index (χ3n) is 5.60. The first-order chi connectivity index (χ1) is 15.9. The van der Waals surface area contributed by atoms with Crippen LogP contribution in [0.3, 0.4) is 0 Å². The zero-order valence-electron chi connectivity index (χ0n) is 19.7. The van der Waals surface area contributed by atoms with Gasteiger partial charge in [0.2, 0.25) is 0 Å². The number of nitrogens with one attached hydrogen (secondary N) is 3. The number of imide groups is 1. The van der Waals surface area contributed by atoms with Gasteiger partial charge in [0.1, 0.15) is 11.1 Å². The Morgan fingerprint density at radius 3 is 2.50 bits per heavy atom. The van der Waals surface area contributed by atoms with E-state index in [9.17, 15) is 24.0 Å². The molecular weight excluding hydrogens is 444 g/mol. The van der Waals surface area contributed by atoms with Crippen LogP contribution in [0.5, 0.6) is 0 Å². The minimum absolute atomic E-state index is 0.0895. The number of nitrogens with zero attached hydrogens (tertiary/aromatic N) is 1. The van der Waals surface area contributed by atoms with Gasteiger partial charge in [-0.3, -0.25) is 20.3 Å². The fourth-order valence-electron chi connectivity index (χ4n) is 3.83. The fourth-order valence-corrected chi connectivity index (χ4v) is 3.83. The molecule has 1 heterocycles. The summed E-state index contributed by atoms with van der Waals surface area (Å²) in [7, 11) is 0. The molecular formula is C23H30N4O7. The number of hydrogen-bond acceptors (Lipinski definition) is 7. The molecule has 1 aliphatic carbocycles. The third-order valence-corrected chi connectivity index (χ3v) is 5.60. The normalized spacial score (nSPS) is 22.2. The van der Waals surface area contributed by atoms with Crippen molar-refractivity contribution in [2.45, 2.75) is 64.5 Å². The van der Waals surface area contributed by atoms with Crippen molar-refractivity contribution in [1.29, 1.82) is 0 Å².